The molecule has 0 amide bonds. The molecule has 0 radical (unpaired) electrons. The normalized spacial score (nSPS) is 22.6. The van der Waals surface area contributed by atoms with Crippen molar-refractivity contribution in [3.63, 3.8) is 0 Å². The summed E-state index contributed by atoms with van der Waals surface area (Å²) in [6.07, 6.45) is 1.80. The van der Waals surface area contributed by atoms with E-state index in [1.54, 1.807) is 17.5 Å². The first-order valence-corrected chi connectivity index (χ1v) is 7.46. The van der Waals surface area contributed by atoms with Crippen LogP contribution in [0.2, 0.25) is 4.34 Å². The third kappa shape index (κ3) is 2.33. The van der Waals surface area contributed by atoms with Crippen molar-refractivity contribution >= 4 is 40.3 Å². The van der Waals surface area contributed by atoms with Gasteiger partial charge in [0.2, 0.25) is 0 Å². The number of hydrogen-bond acceptors (Lipinski definition) is 3. The number of halogens is 1. The van der Waals surface area contributed by atoms with Gasteiger partial charge in [-0.3, -0.25) is 4.98 Å². The highest BCUT2D eigenvalue weighted by Crippen LogP contribution is 2.41. The molecule has 0 aliphatic carbocycles. The standard InChI is InChI=1S/C13H12ClN3S2/c1-17-12(9-5-6-10(14)19-9)11(16-13(17)18)8-4-2-3-7-15-8/h2-7,11-12H,1H3,(H,16,18)/t11-,12+/m1/s1. The van der Waals surface area contributed by atoms with E-state index in [0.717, 1.165) is 15.1 Å². The molecule has 0 aromatic carbocycles. The molecule has 6 heteroatoms. The fraction of sp³-hybridized carbons (Fsp3) is 0.231. The number of hydrogen-bond donors (Lipinski definition) is 1. The van der Waals surface area contributed by atoms with Crippen LogP contribution >= 0.6 is 35.2 Å². The molecule has 1 fully saturated rings. The van der Waals surface area contributed by atoms with Gasteiger partial charge in [0.15, 0.2) is 5.11 Å². The lowest BCUT2D eigenvalue weighted by molar-refractivity contribution is 0.374. The van der Waals surface area contributed by atoms with Gasteiger partial charge in [-0.2, -0.15) is 0 Å². The lowest BCUT2D eigenvalue weighted by atomic mass is 10.0. The van der Waals surface area contributed by atoms with Crippen molar-refractivity contribution in [1.29, 1.82) is 0 Å². The molecule has 0 saturated carbocycles. The lowest BCUT2D eigenvalue weighted by Crippen LogP contribution is -2.24. The lowest BCUT2D eigenvalue weighted by Gasteiger charge is -2.22. The van der Waals surface area contributed by atoms with Crippen molar-refractivity contribution in [3.05, 3.63) is 51.4 Å². The summed E-state index contributed by atoms with van der Waals surface area (Å²) < 4.78 is 0.793. The summed E-state index contributed by atoms with van der Waals surface area (Å²) in [5.41, 5.74) is 0.990. The Hall–Kier alpha value is -1.17. The zero-order valence-corrected chi connectivity index (χ0v) is 12.6. The third-order valence-electron chi connectivity index (χ3n) is 3.22. The van der Waals surface area contributed by atoms with Crippen LogP contribution in [0, 0.1) is 0 Å². The minimum Gasteiger partial charge on any atom is -0.352 e. The number of pyridine rings is 1. The number of rotatable bonds is 2. The number of thiocarbonyl (C=S) groups is 1. The Bertz CT molecular complexity index is 599. The molecule has 0 bridgehead atoms. The van der Waals surface area contributed by atoms with Crippen LogP contribution in [-0.4, -0.2) is 22.0 Å². The molecular weight excluding hydrogens is 298 g/mol. The maximum Gasteiger partial charge on any atom is 0.169 e. The van der Waals surface area contributed by atoms with Gasteiger partial charge in [-0.1, -0.05) is 17.7 Å². The van der Waals surface area contributed by atoms with Crippen molar-refractivity contribution in [2.24, 2.45) is 0 Å². The molecule has 1 aliphatic rings. The zero-order valence-electron chi connectivity index (χ0n) is 10.2. The first-order valence-electron chi connectivity index (χ1n) is 5.86. The SMILES string of the molecule is CN1C(=S)N[C@H](c2ccccn2)[C@@H]1c1ccc(Cl)s1. The van der Waals surface area contributed by atoms with Gasteiger partial charge < -0.3 is 10.2 Å². The van der Waals surface area contributed by atoms with Gasteiger partial charge in [-0.25, -0.2) is 0 Å². The Morgan fingerprint density at radius 2 is 2.21 bits per heavy atom. The minimum absolute atomic E-state index is 0.0633. The fourth-order valence-corrected chi connectivity index (χ4v) is 3.78. The Morgan fingerprint density at radius 3 is 2.84 bits per heavy atom. The highest BCUT2D eigenvalue weighted by atomic mass is 35.5. The van der Waals surface area contributed by atoms with Crippen LogP contribution in [0.15, 0.2) is 36.5 Å². The molecule has 19 heavy (non-hydrogen) atoms. The van der Waals surface area contributed by atoms with Gasteiger partial charge in [0.1, 0.15) is 0 Å². The number of nitrogens with zero attached hydrogens (tertiary/aromatic N) is 2. The van der Waals surface area contributed by atoms with E-state index >= 15 is 0 Å². The van der Waals surface area contributed by atoms with Crippen molar-refractivity contribution < 1.29 is 0 Å². The summed E-state index contributed by atoms with van der Waals surface area (Å²) in [4.78, 5) is 7.69. The molecule has 1 aliphatic heterocycles. The summed E-state index contributed by atoms with van der Waals surface area (Å²) in [6.45, 7) is 0. The summed E-state index contributed by atoms with van der Waals surface area (Å²) in [5.74, 6) is 0. The fourth-order valence-electron chi connectivity index (χ4n) is 2.30. The molecule has 3 rings (SSSR count). The van der Waals surface area contributed by atoms with Crippen molar-refractivity contribution in [2.75, 3.05) is 7.05 Å². The van der Waals surface area contributed by atoms with E-state index in [2.05, 4.69) is 21.3 Å². The number of likely N-dealkylation sites (N-methyl/N-ethyl adjacent to an activating group) is 1. The molecule has 98 valence electrons. The van der Waals surface area contributed by atoms with Crippen LogP contribution in [0.5, 0.6) is 0 Å². The predicted molar refractivity (Wildman–Crippen MR) is 82.5 cm³/mol. The maximum atomic E-state index is 6.05. The highest BCUT2D eigenvalue weighted by molar-refractivity contribution is 7.80. The van der Waals surface area contributed by atoms with Crippen LogP contribution < -0.4 is 5.32 Å². The van der Waals surface area contributed by atoms with Gasteiger partial charge in [0.25, 0.3) is 0 Å². The van der Waals surface area contributed by atoms with Gasteiger partial charge in [-0.05, 0) is 36.5 Å². The van der Waals surface area contributed by atoms with Crippen molar-refractivity contribution in [1.82, 2.24) is 15.2 Å². The topological polar surface area (TPSA) is 28.2 Å². The van der Waals surface area contributed by atoms with Crippen molar-refractivity contribution in [3.8, 4) is 0 Å². The van der Waals surface area contributed by atoms with Crippen LogP contribution in [0.3, 0.4) is 0 Å². The third-order valence-corrected chi connectivity index (χ3v) is 4.93. The summed E-state index contributed by atoms with van der Waals surface area (Å²) >= 11 is 13.0. The van der Waals surface area contributed by atoms with Gasteiger partial charge in [0, 0.05) is 18.1 Å². The average molecular weight is 310 g/mol. The Balaban J connectivity index is 2.01. The Kier molecular flexibility index (Phi) is 3.43. The summed E-state index contributed by atoms with van der Waals surface area (Å²) in [5, 5.41) is 4.08. The van der Waals surface area contributed by atoms with Crippen LogP contribution in [0.1, 0.15) is 22.7 Å². The van der Waals surface area contributed by atoms with Crippen LogP contribution in [0.4, 0.5) is 0 Å². The molecule has 1 saturated heterocycles. The number of aromatic nitrogens is 1. The van der Waals surface area contributed by atoms with E-state index in [-0.39, 0.29) is 12.1 Å². The van der Waals surface area contributed by atoms with E-state index in [9.17, 15) is 0 Å². The first kappa shape index (κ1) is 12.8. The highest BCUT2D eigenvalue weighted by Gasteiger charge is 2.38. The smallest absolute Gasteiger partial charge is 0.169 e. The maximum absolute atomic E-state index is 6.05. The van der Waals surface area contributed by atoms with E-state index < -0.39 is 0 Å². The van der Waals surface area contributed by atoms with E-state index in [1.807, 2.05) is 31.3 Å². The Morgan fingerprint density at radius 1 is 1.37 bits per heavy atom. The molecule has 1 N–H and O–H groups in total. The second-order valence-electron chi connectivity index (χ2n) is 4.38. The first-order chi connectivity index (χ1) is 9.16. The number of thiophene rings is 1. The zero-order chi connectivity index (χ0) is 13.4. The van der Waals surface area contributed by atoms with Gasteiger partial charge in [-0.15, -0.1) is 11.3 Å². The predicted octanol–water partition coefficient (Wildman–Crippen LogP) is 3.40. The van der Waals surface area contributed by atoms with Gasteiger partial charge >= 0.3 is 0 Å². The second-order valence-corrected chi connectivity index (χ2v) is 6.51. The molecule has 3 heterocycles. The monoisotopic (exact) mass is 309 g/mol. The molecule has 2 aromatic heterocycles. The molecule has 0 spiro atoms. The molecular formula is C13H12ClN3S2. The second kappa shape index (κ2) is 5.07. The average Bonchev–Trinajstić information content (AvgIpc) is 2.96. The molecule has 3 nitrogen and oxygen atoms in total. The minimum atomic E-state index is 0.0633. The Labute approximate surface area is 126 Å². The largest absolute Gasteiger partial charge is 0.352 e. The van der Waals surface area contributed by atoms with Crippen molar-refractivity contribution in [2.45, 2.75) is 12.1 Å². The molecule has 0 unspecified atom stereocenters. The van der Waals surface area contributed by atoms with Crippen LogP contribution in [-0.2, 0) is 0 Å². The molecule has 2 aromatic rings. The van der Waals surface area contributed by atoms with Gasteiger partial charge in [0.05, 0.1) is 22.1 Å². The van der Waals surface area contributed by atoms with E-state index in [0.29, 0.717) is 0 Å². The van der Waals surface area contributed by atoms with Crippen LogP contribution in [0.25, 0.3) is 0 Å². The number of nitrogens with one attached hydrogen (secondary N) is 1. The summed E-state index contributed by atoms with van der Waals surface area (Å²) in [7, 11) is 2.00. The molecule has 2 atom stereocenters. The van der Waals surface area contributed by atoms with E-state index in [1.165, 1.54) is 4.88 Å². The quantitative estimate of drug-likeness (QED) is 0.861. The van der Waals surface area contributed by atoms with E-state index in [4.69, 9.17) is 23.8 Å². The summed E-state index contributed by atoms with van der Waals surface area (Å²) in [6, 6.07) is 10.1.